The van der Waals surface area contributed by atoms with E-state index in [0.29, 0.717) is 12.2 Å². The van der Waals surface area contributed by atoms with Crippen LogP contribution in [0.25, 0.3) is 11.1 Å². The Morgan fingerprint density at radius 1 is 1.33 bits per heavy atom. The molecule has 0 amide bonds. The van der Waals surface area contributed by atoms with Crippen LogP contribution in [0.1, 0.15) is 22.2 Å². The number of benzene rings is 1. The first kappa shape index (κ1) is 12.6. The molecule has 0 saturated carbocycles. The van der Waals surface area contributed by atoms with E-state index in [-0.39, 0.29) is 0 Å². The highest BCUT2D eigenvalue weighted by atomic mass is 32.1. The van der Waals surface area contributed by atoms with Crippen LogP contribution < -0.4 is 4.74 Å². The van der Waals surface area contributed by atoms with Crippen molar-refractivity contribution in [2.75, 3.05) is 6.61 Å². The summed E-state index contributed by atoms with van der Waals surface area (Å²) in [5.41, 5.74) is 2.08. The lowest BCUT2D eigenvalue weighted by atomic mass is 10.0. The fourth-order valence-corrected chi connectivity index (χ4v) is 2.71. The Hall–Kier alpha value is -1.81. The molecule has 0 atom stereocenters. The molecule has 0 spiro atoms. The summed E-state index contributed by atoms with van der Waals surface area (Å²) in [6.07, 6.45) is 0. The Labute approximate surface area is 110 Å². The summed E-state index contributed by atoms with van der Waals surface area (Å²) in [6.45, 7) is 4.49. The third-order valence-electron chi connectivity index (χ3n) is 2.66. The van der Waals surface area contributed by atoms with Crippen molar-refractivity contribution in [3.8, 4) is 16.9 Å². The van der Waals surface area contributed by atoms with Crippen LogP contribution in [0, 0.1) is 6.92 Å². The quantitative estimate of drug-likeness (QED) is 0.911. The zero-order valence-electron chi connectivity index (χ0n) is 10.3. The molecule has 1 aromatic heterocycles. The second kappa shape index (κ2) is 5.23. The van der Waals surface area contributed by atoms with Crippen LogP contribution in [-0.4, -0.2) is 17.7 Å². The number of hydrogen-bond donors (Lipinski definition) is 1. The smallest absolute Gasteiger partial charge is 0.337 e. The molecule has 0 radical (unpaired) electrons. The van der Waals surface area contributed by atoms with Gasteiger partial charge in [-0.25, -0.2) is 4.79 Å². The van der Waals surface area contributed by atoms with Gasteiger partial charge in [-0.1, -0.05) is 12.1 Å². The van der Waals surface area contributed by atoms with Crippen LogP contribution in [0.2, 0.25) is 0 Å². The molecule has 94 valence electrons. The Morgan fingerprint density at radius 3 is 2.56 bits per heavy atom. The van der Waals surface area contributed by atoms with Crippen LogP contribution in [0.4, 0.5) is 0 Å². The van der Waals surface area contributed by atoms with Gasteiger partial charge in [0.1, 0.15) is 5.75 Å². The van der Waals surface area contributed by atoms with Gasteiger partial charge in [0.15, 0.2) is 0 Å². The predicted octanol–water partition coefficient (Wildman–Crippen LogP) is 3.82. The third-order valence-corrected chi connectivity index (χ3v) is 3.57. The molecule has 18 heavy (non-hydrogen) atoms. The summed E-state index contributed by atoms with van der Waals surface area (Å²) in [7, 11) is 0. The number of ether oxygens (including phenoxy) is 1. The maximum Gasteiger partial charge on any atom is 0.337 e. The van der Waals surface area contributed by atoms with Crippen molar-refractivity contribution in [1.29, 1.82) is 0 Å². The summed E-state index contributed by atoms with van der Waals surface area (Å²) in [6, 6.07) is 7.52. The highest BCUT2D eigenvalue weighted by Crippen LogP contribution is 2.33. The van der Waals surface area contributed by atoms with Crippen LogP contribution in [0.5, 0.6) is 5.75 Å². The maximum atomic E-state index is 11.2. The lowest BCUT2D eigenvalue weighted by Crippen LogP contribution is -1.97. The minimum Gasteiger partial charge on any atom is -0.494 e. The summed E-state index contributed by atoms with van der Waals surface area (Å²) < 4.78 is 5.37. The molecule has 0 aliphatic carbocycles. The highest BCUT2D eigenvalue weighted by Gasteiger charge is 2.16. The summed E-state index contributed by atoms with van der Waals surface area (Å²) >= 11 is 1.46. The van der Waals surface area contributed by atoms with Gasteiger partial charge in [0.05, 0.1) is 12.2 Å². The molecule has 2 rings (SSSR count). The van der Waals surface area contributed by atoms with E-state index in [4.69, 9.17) is 9.84 Å². The lowest BCUT2D eigenvalue weighted by Gasteiger charge is -2.06. The van der Waals surface area contributed by atoms with Crippen molar-refractivity contribution < 1.29 is 14.6 Å². The highest BCUT2D eigenvalue weighted by molar-refractivity contribution is 7.10. The third kappa shape index (κ3) is 2.38. The molecule has 0 fully saturated rings. The lowest BCUT2D eigenvalue weighted by molar-refractivity contribution is 0.0698. The van der Waals surface area contributed by atoms with Gasteiger partial charge >= 0.3 is 5.97 Å². The number of hydrogen-bond acceptors (Lipinski definition) is 3. The van der Waals surface area contributed by atoms with Crippen LogP contribution >= 0.6 is 11.3 Å². The molecule has 2 aromatic rings. The molecule has 1 aromatic carbocycles. The number of carboxylic acid groups (broad SMARTS) is 1. The fourth-order valence-electron chi connectivity index (χ4n) is 1.86. The minimum atomic E-state index is -0.886. The number of rotatable bonds is 4. The first-order valence-corrected chi connectivity index (χ1v) is 6.56. The molecule has 0 unspecified atom stereocenters. The molecule has 3 nitrogen and oxygen atoms in total. The molecule has 0 aliphatic rings. The Balaban J connectivity index is 2.42. The molecular formula is C14H14O3S. The van der Waals surface area contributed by atoms with Crippen LogP contribution in [-0.2, 0) is 0 Å². The SMILES string of the molecule is CCOc1ccc(-c2c(C(=O)O)csc2C)cc1. The van der Waals surface area contributed by atoms with E-state index < -0.39 is 5.97 Å². The Bertz CT molecular complexity index is 555. The second-order valence-electron chi connectivity index (χ2n) is 3.84. The topological polar surface area (TPSA) is 46.5 Å². The molecule has 4 heteroatoms. The average Bonchev–Trinajstić information content (AvgIpc) is 2.73. The van der Waals surface area contributed by atoms with Crippen molar-refractivity contribution in [2.45, 2.75) is 13.8 Å². The van der Waals surface area contributed by atoms with Gasteiger partial charge in [0.25, 0.3) is 0 Å². The first-order valence-electron chi connectivity index (χ1n) is 5.68. The summed E-state index contributed by atoms with van der Waals surface area (Å²) in [4.78, 5) is 12.2. The predicted molar refractivity (Wildman–Crippen MR) is 72.6 cm³/mol. The molecule has 1 N–H and O–H groups in total. The number of carboxylic acids is 1. The van der Waals surface area contributed by atoms with Gasteiger partial charge in [-0.2, -0.15) is 0 Å². The van der Waals surface area contributed by atoms with Crippen molar-refractivity contribution in [3.63, 3.8) is 0 Å². The molecule has 1 heterocycles. The zero-order chi connectivity index (χ0) is 13.1. The minimum absolute atomic E-state index is 0.363. The van der Waals surface area contributed by atoms with Gasteiger partial charge in [0.2, 0.25) is 0 Å². The number of aromatic carboxylic acids is 1. The van der Waals surface area contributed by atoms with Crippen LogP contribution in [0.15, 0.2) is 29.6 Å². The van der Waals surface area contributed by atoms with Crippen molar-refractivity contribution in [1.82, 2.24) is 0 Å². The van der Waals surface area contributed by atoms with E-state index in [9.17, 15) is 4.79 Å². The van der Waals surface area contributed by atoms with Crippen molar-refractivity contribution in [3.05, 3.63) is 40.1 Å². The maximum absolute atomic E-state index is 11.2. The van der Waals surface area contributed by atoms with E-state index in [0.717, 1.165) is 21.8 Å². The average molecular weight is 262 g/mol. The van der Waals surface area contributed by atoms with E-state index in [1.807, 2.05) is 38.1 Å². The normalized spacial score (nSPS) is 10.3. The Kier molecular flexibility index (Phi) is 3.67. The first-order chi connectivity index (χ1) is 8.63. The summed E-state index contributed by atoms with van der Waals surface area (Å²) in [5.74, 6) is -0.0887. The fraction of sp³-hybridized carbons (Fsp3) is 0.214. The standard InChI is InChI=1S/C14H14O3S/c1-3-17-11-6-4-10(5-7-11)13-9(2)18-8-12(13)14(15)16/h4-8H,3H2,1-2H3,(H,15,16). The zero-order valence-corrected chi connectivity index (χ0v) is 11.1. The van der Waals surface area contributed by atoms with E-state index >= 15 is 0 Å². The van der Waals surface area contributed by atoms with Gasteiger partial charge < -0.3 is 9.84 Å². The second-order valence-corrected chi connectivity index (χ2v) is 4.93. The number of carbonyl (C=O) groups is 1. The van der Waals surface area contributed by atoms with Gasteiger partial charge in [-0.15, -0.1) is 11.3 Å². The summed E-state index contributed by atoms with van der Waals surface area (Å²) in [5, 5.41) is 10.8. The van der Waals surface area contributed by atoms with Gasteiger partial charge in [-0.05, 0) is 31.5 Å². The molecule has 0 saturated heterocycles. The monoisotopic (exact) mass is 262 g/mol. The van der Waals surface area contributed by atoms with E-state index in [2.05, 4.69) is 0 Å². The van der Waals surface area contributed by atoms with E-state index in [1.165, 1.54) is 11.3 Å². The van der Waals surface area contributed by atoms with Crippen molar-refractivity contribution in [2.24, 2.45) is 0 Å². The Morgan fingerprint density at radius 2 is 2.00 bits per heavy atom. The largest absolute Gasteiger partial charge is 0.494 e. The molecular weight excluding hydrogens is 248 g/mol. The number of thiophene rings is 1. The number of aryl methyl sites for hydroxylation is 1. The molecule has 0 aliphatic heterocycles. The van der Waals surface area contributed by atoms with E-state index in [1.54, 1.807) is 5.38 Å². The van der Waals surface area contributed by atoms with Crippen molar-refractivity contribution >= 4 is 17.3 Å². The van der Waals surface area contributed by atoms with Gasteiger partial charge in [-0.3, -0.25) is 0 Å². The molecule has 0 bridgehead atoms. The van der Waals surface area contributed by atoms with Crippen LogP contribution in [0.3, 0.4) is 0 Å². The van der Waals surface area contributed by atoms with Gasteiger partial charge in [0, 0.05) is 15.8 Å².